The SMILES string of the molecule is OCCN1CCN(CO)CCN(CO)CC1. The number of aliphatic hydroxyl groups is 3. The summed E-state index contributed by atoms with van der Waals surface area (Å²) in [4.78, 5) is 6.04. The van der Waals surface area contributed by atoms with Crippen LogP contribution in [0.4, 0.5) is 0 Å². The summed E-state index contributed by atoms with van der Waals surface area (Å²) in [7, 11) is 0. The molecular formula is C10H23N3O3. The van der Waals surface area contributed by atoms with E-state index in [0.29, 0.717) is 6.54 Å². The van der Waals surface area contributed by atoms with E-state index >= 15 is 0 Å². The smallest absolute Gasteiger partial charge is 0.0957 e. The summed E-state index contributed by atoms with van der Waals surface area (Å²) < 4.78 is 0. The standard InChI is InChI=1S/C10H23N3O3/c14-8-7-11-1-3-12(9-15)5-6-13(10-16)4-2-11/h14-16H,1-10H2. The Kier molecular flexibility index (Phi) is 6.86. The van der Waals surface area contributed by atoms with E-state index in [-0.39, 0.29) is 20.1 Å². The van der Waals surface area contributed by atoms with Crippen molar-refractivity contribution in [2.24, 2.45) is 0 Å². The molecule has 1 fully saturated rings. The molecule has 3 N–H and O–H groups in total. The molecule has 0 aliphatic carbocycles. The fourth-order valence-electron chi connectivity index (χ4n) is 1.83. The first-order valence-electron chi connectivity index (χ1n) is 5.79. The molecule has 0 saturated carbocycles. The molecule has 0 aromatic carbocycles. The quantitative estimate of drug-likeness (QED) is 0.512. The molecule has 1 saturated heterocycles. The lowest BCUT2D eigenvalue weighted by Gasteiger charge is -2.23. The summed E-state index contributed by atoms with van der Waals surface area (Å²) in [5, 5.41) is 27.2. The molecule has 96 valence electrons. The third-order valence-corrected chi connectivity index (χ3v) is 3.01. The van der Waals surface area contributed by atoms with E-state index in [1.54, 1.807) is 0 Å². The molecule has 1 heterocycles. The van der Waals surface area contributed by atoms with Gasteiger partial charge < -0.3 is 15.3 Å². The topological polar surface area (TPSA) is 70.4 Å². The van der Waals surface area contributed by atoms with Crippen molar-refractivity contribution in [1.29, 1.82) is 0 Å². The molecule has 0 atom stereocenters. The molecule has 0 bridgehead atoms. The fourth-order valence-corrected chi connectivity index (χ4v) is 1.83. The largest absolute Gasteiger partial charge is 0.395 e. The highest BCUT2D eigenvalue weighted by atomic mass is 16.3. The van der Waals surface area contributed by atoms with Crippen LogP contribution in [0, 0.1) is 0 Å². The zero-order chi connectivity index (χ0) is 11.8. The average molecular weight is 233 g/mol. The van der Waals surface area contributed by atoms with Gasteiger partial charge in [0.1, 0.15) is 0 Å². The second kappa shape index (κ2) is 7.94. The molecule has 0 unspecified atom stereocenters. The van der Waals surface area contributed by atoms with E-state index in [1.165, 1.54) is 0 Å². The highest BCUT2D eigenvalue weighted by Crippen LogP contribution is 1.98. The normalized spacial score (nSPS) is 22.7. The first kappa shape index (κ1) is 13.8. The van der Waals surface area contributed by atoms with Crippen LogP contribution in [0.2, 0.25) is 0 Å². The Morgan fingerprint density at radius 1 is 0.625 bits per heavy atom. The molecule has 1 rings (SSSR count). The van der Waals surface area contributed by atoms with E-state index in [9.17, 15) is 0 Å². The van der Waals surface area contributed by atoms with Gasteiger partial charge in [-0.2, -0.15) is 0 Å². The van der Waals surface area contributed by atoms with Crippen LogP contribution in [-0.4, -0.2) is 95.9 Å². The fraction of sp³-hybridized carbons (Fsp3) is 1.00. The van der Waals surface area contributed by atoms with Gasteiger partial charge in [-0.15, -0.1) is 0 Å². The van der Waals surface area contributed by atoms with Crippen LogP contribution < -0.4 is 0 Å². The minimum atomic E-state index is 0.0479. The first-order chi connectivity index (χ1) is 7.80. The van der Waals surface area contributed by atoms with Crippen LogP contribution in [0.1, 0.15) is 0 Å². The highest BCUT2D eigenvalue weighted by molar-refractivity contribution is 4.68. The van der Waals surface area contributed by atoms with Crippen LogP contribution in [0.3, 0.4) is 0 Å². The zero-order valence-corrected chi connectivity index (χ0v) is 9.75. The molecule has 0 amide bonds. The lowest BCUT2D eigenvalue weighted by molar-refractivity contribution is 0.0723. The lowest BCUT2D eigenvalue weighted by atomic mass is 10.4. The van der Waals surface area contributed by atoms with E-state index in [2.05, 4.69) is 4.90 Å². The Morgan fingerprint density at radius 3 is 1.31 bits per heavy atom. The molecular weight excluding hydrogens is 210 g/mol. The maximum Gasteiger partial charge on any atom is 0.0957 e. The minimum Gasteiger partial charge on any atom is -0.395 e. The summed E-state index contributed by atoms with van der Waals surface area (Å²) in [5.41, 5.74) is 0. The average Bonchev–Trinajstić information content (AvgIpc) is 2.40. The van der Waals surface area contributed by atoms with Gasteiger partial charge in [0, 0.05) is 45.8 Å². The molecule has 1 aliphatic rings. The van der Waals surface area contributed by atoms with Crippen molar-refractivity contribution in [3.05, 3.63) is 0 Å². The van der Waals surface area contributed by atoms with Crippen LogP contribution >= 0.6 is 0 Å². The molecule has 1 aliphatic heterocycles. The van der Waals surface area contributed by atoms with Gasteiger partial charge in [0.25, 0.3) is 0 Å². The van der Waals surface area contributed by atoms with Gasteiger partial charge in [-0.3, -0.25) is 14.7 Å². The summed E-state index contributed by atoms with van der Waals surface area (Å²) in [6, 6.07) is 0. The van der Waals surface area contributed by atoms with Gasteiger partial charge >= 0.3 is 0 Å². The second-order valence-electron chi connectivity index (χ2n) is 4.08. The first-order valence-corrected chi connectivity index (χ1v) is 5.79. The maximum absolute atomic E-state index is 9.15. The zero-order valence-electron chi connectivity index (χ0n) is 9.75. The summed E-state index contributed by atoms with van der Waals surface area (Å²) in [6.45, 7) is 5.73. The van der Waals surface area contributed by atoms with Crippen molar-refractivity contribution >= 4 is 0 Å². The molecule has 0 aromatic heterocycles. The van der Waals surface area contributed by atoms with Crippen LogP contribution in [0.15, 0.2) is 0 Å². The van der Waals surface area contributed by atoms with Crippen molar-refractivity contribution in [3.8, 4) is 0 Å². The Morgan fingerprint density at radius 2 is 1.00 bits per heavy atom. The molecule has 0 spiro atoms. The number of nitrogens with zero attached hydrogens (tertiary/aromatic N) is 3. The van der Waals surface area contributed by atoms with Crippen LogP contribution in [0.5, 0.6) is 0 Å². The van der Waals surface area contributed by atoms with Crippen molar-refractivity contribution in [2.75, 3.05) is 65.9 Å². The number of β-amino-alcohol motifs (C(OH)–C–C–N with tert-alkyl or cyclic N) is 1. The van der Waals surface area contributed by atoms with E-state index in [0.717, 1.165) is 39.3 Å². The molecule has 6 heteroatoms. The third kappa shape index (κ3) is 4.73. The molecule has 16 heavy (non-hydrogen) atoms. The van der Waals surface area contributed by atoms with Crippen molar-refractivity contribution < 1.29 is 15.3 Å². The number of aliphatic hydroxyl groups excluding tert-OH is 3. The lowest BCUT2D eigenvalue weighted by Crippen LogP contribution is -2.37. The van der Waals surface area contributed by atoms with E-state index < -0.39 is 0 Å². The van der Waals surface area contributed by atoms with E-state index in [4.69, 9.17) is 15.3 Å². The van der Waals surface area contributed by atoms with Crippen LogP contribution in [0.25, 0.3) is 0 Å². The second-order valence-corrected chi connectivity index (χ2v) is 4.08. The van der Waals surface area contributed by atoms with E-state index in [1.807, 2.05) is 9.80 Å². The van der Waals surface area contributed by atoms with Gasteiger partial charge in [0.15, 0.2) is 0 Å². The van der Waals surface area contributed by atoms with Crippen molar-refractivity contribution in [1.82, 2.24) is 14.7 Å². The Bertz CT molecular complexity index is 167. The number of rotatable bonds is 4. The van der Waals surface area contributed by atoms with Gasteiger partial charge in [-0.25, -0.2) is 0 Å². The minimum absolute atomic E-state index is 0.0479. The summed E-state index contributed by atoms with van der Waals surface area (Å²) in [5.74, 6) is 0. The molecule has 0 radical (unpaired) electrons. The van der Waals surface area contributed by atoms with Crippen LogP contribution in [-0.2, 0) is 0 Å². The summed E-state index contributed by atoms with van der Waals surface area (Å²) >= 11 is 0. The third-order valence-electron chi connectivity index (χ3n) is 3.01. The monoisotopic (exact) mass is 233 g/mol. The maximum atomic E-state index is 9.15. The molecule has 0 aromatic rings. The Balaban J connectivity index is 2.47. The molecule has 6 nitrogen and oxygen atoms in total. The summed E-state index contributed by atoms with van der Waals surface area (Å²) in [6.07, 6.45) is 0. The van der Waals surface area contributed by atoms with Gasteiger partial charge in [-0.1, -0.05) is 0 Å². The predicted molar refractivity (Wildman–Crippen MR) is 60.8 cm³/mol. The van der Waals surface area contributed by atoms with Crippen molar-refractivity contribution in [2.45, 2.75) is 0 Å². The predicted octanol–water partition coefficient (Wildman–Crippen LogP) is -2.20. The van der Waals surface area contributed by atoms with Gasteiger partial charge in [0.05, 0.1) is 20.1 Å². The number of hydrogen-bond donors (Lipinski definition) is 3. The number of hydrogen-bond acceptors (Lipinski definition) is 6. The Hall–Kier alpha value is -0.240. The van der Waals surface area contributed by atoms with Gasteiger partial charge in [0.2, 0.25) is 0 Å². The Labute approximate surface area is 96.7 Å². The highest BCUT2D eigenvalue weighted by Gasteiger charge is 2.14. The van der Waals surface area contributed by atoms with Gasteiger partial charge in [-0.05, 0) is 0 Å². The van der Waals surface area contributed by atoms with Crippen molar-refractivity contribution in [3.63, 3.8) is 0 Å².